The van der Waals surface area contributed by atoms with Gasteiger partial charge in [-0.15, -0.1) is 0 Å². The van der Waals surface area contributed by atoms with E-state index in [-0.39, 0.29) is 5.91 Å². The highest BCUT2D eigenvalue weighted by molar-refractivity contribution is 5.80. The standard InChI is InChI=1S/C8H18N2O3/c1-7(9)8(11)10-3-4-13-6-5-12-2/h7H,3-6,9H2,1-2H3,(H,10,11)/t7-/m1/s1. The highest BCUT2D eigenvalue weighted by atomic mass is 16.5. The van der Waals surface area contributed by atoms with Crippen molar-refractivity contribution in [3.05, 3.63) is 0 Å². The lowest BCUT2D eigenvalue weighted by molar-refractivity contribution is -0.122. The summed E-state index contributed by atoms with van der Waals surface area (Å²) in [5, 5.41) is 2.63. The van der Waals surface area contributed by atoms with Gasteiger partial charge in [0.1, 0.15) is 0 Å². The molecule has 0 rings (SSSR count). The second kappa shape index (κ2) is 7.97. The molecule has 0 aliphatic heterocycles. The Balaban J connectivity index is 3.12. The van der Waals surface area contributed by atoms with E-state index < -0.39 is 6.04 Å². The molecular formula is C8H18N2O3. The monoisotopic (exact) mass is 190 g/mol. The van der Waals surface area contributed by atoms with E-state index in [1.807, 2.05) is 0 Å². The minimum atomic E-state index is -0.459. The maximum absolute atomic E-state index is 10.9. The van der Waals surface area contributed by atoms with Gasteiger partial charge in [0.2, 0.25) is 5.91 Å². The van der Waals surface area contributed by atoms with Crippen molar-refractivity contribution in [2.24, 2.45) is 5.73 Å². The molecule has 3 N–H and O–H groups in total. The molecule has 13 heavy (non-hydrogen) atoms. The largest absolute Gasteiger partial charge is 0.382 e. The van der Waals surface area contributed by atoms with Crippen molar-refractivity contribution in [2.75, 3.05) is 33.5 Å². The van der Waals surface area contributed by atoms with Gasteiger partial charge in [0.25, 0.3) is 0 Å². The lowest BCUT2D eigenvalue weighted by Crippen LogP contribution is -2.39. The maximum atomic E-state index is 10.9. The van der Waals surface area contributed by atoms with Crippen LogP contribution in [0.15, 0.2) is 0 Å². The molecule has 0 unspecified atom stereocenters. The summed E-state index contributed by atoms with van der Waals surface area (Å²) >= 11 is 0. The molecule has 0 aromatic rings. The van der Waals surface area contributed by atoms with Crippen LogP contribution < -0.4 is 11.1 Å². The van der Waals surface area contributed by atoms with Gasteiger partial charge in [-0.2, -0.15) is 0 Å². The molecule has 5 heteroatoms. The fraction of sp³-hybridized carbons (Fsp3) is 0.875. The van der Waals surface area contributed by atoms with E-state index in [0.29, 0.717) is 26.4 Å². The molecule has 1 amide bonds. The van der Waals surface area contributed by atoms with Crippen LogP contribution in [0.25, 0.3) is 0 Å². The molecule has 5 nitrogen and oxygen atoms in total. The number of ether oxygens (including phenoxy) is 2. The SMILES string of the molecule is COCCOCCNC(=O)[C@@H](C)N. The summed E-state index contributed by atoms with van der Waals surface area (Å²) in [5.41, 5.74) is 5.33. The first-order valence-corrected chi connectivity index (χ1v) is 4.28. The summed E-state index contributed by atoms with van der Waals surface area (Å²) in [6, 6.07) is -0.459. The van der Waals surface area contributed by atoms with Crippen LogP contribution in [0.4, 0.5) is 0 Å². The molecule has 0 aliphatic carbocycles. The minimum Gasteiger partial charge on any atom is -0.382 e. The van der Waals surface area contributed by atoms with Crippen LogP contribution in [-0.2, 0) is 14.3 Å². The van der Waals surface area contributed by atoms with E-state index >= 15 is 0 Å². The first-order valence-electron chi connectivity index (χ1n) is 4.28. The fourth-order valence-corrected chi connectivity index (χ4v) is 0.652. The van der Waals surface area contributed by atoms with Crippen molar-refractivity contribution in [3.63, 3.8) is 0 Å². The third-order valence-corrected chi connectivity index (χ3v) is 1.39. The third kappa shape index (κ3) is 7.70. The Kier molecular flexibility index (Phi) is 7.57. The first kappa shape index (κ1) is 12.3. The lowest BCUT2D eigenvalue weighted by atomic mass is 10.3. The van der Waals surface area contributed by atoms with Gasteiger partial charge >= 0.3 is 0 Å². The maximum Gasteiger partial charge on any atom is 0.236 e. The summed E-state index contributed by atoms with van der Waals surface area (Å²) in [7, 11) is 1.61. The number of rotatable bonds is 7. The molecule has 1 atom stereocenters. The third-order valence-electron chi connectivity index (χ3n) is 1.39. The van der Waals surface area contributed by atoms with Gasteiger partial charge in [0, 0.05) is 13.7 Å². The van der Waals surface area contributed by atoms with Crippen molar-refractivity contribution in [3.8, 4) is 0 Å². The number of hydrogen-bond donors (Lipinski definition) is 2. The zero-order chi connectivity index (χ0) is 10.1. The van der Waals surface area contributed by atoms with Gasteiger partial charge in [-0.3, -0.25) is 4.79 Å². The predicted molar refractivity (Wildman–Crippen MR) is 49.4 cm³/mol. The summed E-state index contributed by atoms with van der Waals surface area (Å²) in [5.74, 6) is -0.157. The van der Waals surface area contributed by atoms with Crippen LogP contribution in [0.1, 0.15) is 6.92 Å². The average molecular weight is 190 g/mol. The second-order valence-electron chi connectivity index (χ2n) is 2.68. The number of methoxy groups -OCH3 is 1. The van der Waals surface area contributed by atoms with E-state index in [0.717, 1.165) is 0 Å². The van der Waals surface area contributed by atoms with E-state index in [9.17, 15) is 4.79 Å². The quantitative estimate of drug-likeness (QED) is 0.511. The molecule has 0 aliphatic rings. The predicted octanol–water partition coefficient (Wildman–Crippen LogP) is -0.887. The van der Waals surface area contributed by atoms with Crippen molar-refractivity contribution < 1.29 is 14.3 Å². The Morgan fingerprint density at radius 3 is 2.69 bits per heavy atom. The number of hydrogen-bond acceptors (Lipinski definition) is 4. The number of nitrogens with two attached hydrogens (primary N) is 1. The van der Waals surface area contributed by atoms with Crippen molar-refractivity contribution in [1.82, 2.24) is 5.32 Å². The molecule has 0 aromatic carbocycles. The Morgan fingerprint density at radius 2 is 2.15 bits per heavy atom. The topological polar surface area (TPSA) is 73.6 Å². The smallest absolute Gasteiger partial charge is 0.236 e. The molecule has 0 spiro atoms. The summed E-state index contributed by atoms with van der Waals surface area (Å²) < 4.78 is 9.90. The van der Waals surface area contributed by atoms with E-state index in [2.05, 4.69) is 5.32 Å². The molecule has 0 aromatic heterocycles. The minimum absolute atomic E-state index is 0.157. The van der Waals surface area contributed by atoms with Gasteiger partial charge in [-0.05, 0) is 6.92 Å². The van der Waals surface area contributed by atoms with Crippen LogP contribution >= 0.6 is 0 Å². The van der Waals surface area contributed by atoms with Gasteiger partial charge in [-0.25, -0.2) is 0 Å². The fourth-order valence-electron chi connectivity index (χ4n) is 0.652. The summed E-state index contributed by atoms with van der Waals surface area (Å²) in [6.45, 7) is 3.73. The average Bonchev–Trinajstić information content (AvgIpc) is 2.10. The molecule has 0 heterocycles. The lowest BCUT2D eigenvalue weighted by Gasteiger charge is -2.07. The van der Waals surface area contributed by atoms with E-state index in [1.165, 1.54) is 0 Å². The van der Waals surface area contributed by atoms with Crippen molar-refractivity contribution >= 4 is 5.91 Å². The Labute approximate surface area is 78.6 Å². The molecule has 0 fully saturated rings. The highest BCUT2D eigenvalue weighted by Gasteiger charge is 2.04. The van der Waals surface area contributed by atoms with Crippen molar-refractivity contribution in [2.45, 2.75) is 13.0 Å². The van der Waals surface area contributed by atoms with E-state index in [1.54, 1.807) is 14.0 Å². The van der Waals surface area contributed by atoms with Crippen LogP contribution in [0.3, 0.4) is 0 Å². The van der Waals surface area contributed by atoms with E-state index in [4.69, 9.17) is 15.2 Å². The zero-order valence-electron chi connectivity index (χ0n) is 8.21. The molecule has 0 saturated carbocycles. The Bertz CT molecular complexity index is 139. The van der Waals surface area contributed by atoms with Crippen LogP contribution in [0.5, 0.6) is 0 Å². The number of carbonyl (C=O) groups excluding carboxylic acids is 1. The summed E-state index contributed by atoms with van der Waals surface area (Å²) in [6.07, 6.45) is 0. The number of nitrogens with one attached hydrogen (secondary N) is 1. The summed E-state index contributed by atoms with van der Waals surface area (Å²) in [4.78, 5) is 10.9. The van der Waals surface area contributed by atoms with Crippen molar-refractivity contribution in [1.29, 1.82) is 0 Å². The van der Waals surface area contributed by atoms with Crippen LogP contribution in [-0.4, -0.2) is 45.4 Å². The Hall–Kier alpha value is -0.650. The van der Waals surface area contributed by atoms with Gasteiger partial charge in [-0.1, -0.05) is 0 Å². The van der Waals surface area contributed by atoms with Gasteiger partial charge in [0.05, 0.1) is 25.9 Å². The first-order chi connectivity index (χ1) is 6.18. The molecule has 0 saturated heterocycles. The van der Waals surface area contributed by atoms with Crippen LogP contribution in [0.2, 0.25) is 0 Å². The van der Waals surface area contributed by atoms with Gasteiger partial charge in [0.15, 0.2) is 0 Å². The molecule has 0 radical (unpaired) electrons. The van der Waals surface area contributed by atoms with Crippen LogP contribution in [0, 0.1) is 0 Å². The number of carbonyl (C=O) groups is 1. The number of amides is 1. The molecule has 78 valence electrons. The zero-order valence-corrected chi connectivity index (χ0v) is 8.21. The molecular weight excluding hydrogens is 172 g/mol. The molecule has 0 bridgehead atoms. The Morgan fingerprint density at radius 1 is 1.46 bits per heavy atom. The van der Waals surface area contributed by atoms with Gasteiger partial charge < -0.3 is 20.5 Å². The highest BCUT2D eigenvalue weighted by Crippen LogP contribution is 1.77. The second-order valence-corrected chi connectivity index (χ2v) is 2.68. The normalized spacial score (nSPS) is 12.5.